The second kappa shape index (κ2) is 7.29. The highest BCUT2D eigenvalue weighted by Crippen LogP contribution is 2.35. The van der Waals surface area contributed by atoms with Crippen molar-refractivity contribution in [1.82, 2.24) is 0 Å². The Kier molecular flexibility index (Phi) is 5.67. The predicted molar refractivity (Wildman–Crippen MR) is 91.8 cm³/mol. The molecule has 0 atom stereocenters. The van der Waals surface area contributed by atoms with Crippen LogP contribution in [0, 0.1) is 6.92 Å². The Morgan fingerprint density at radius 3 is 2.33 bits per heavy atom. The third-order valence-corrected chi connectivity index (χ3v) is 4.28. The number of ether oxygens (including phenoxy) is 2. The van der Waals surface area contributed by atoms with E-state index in [0.717, 1.165) is 31.6 Å². The minimum atomic E-state index is 0.435. The quantitative estimate of drug-likeness (QED) is 0.779. The van der Waals surface area contributed by atoms with E-state index >= 15 is 0 Å². The van der Waals surface area contributed by atoms with E-state index in [0.29, 0.717) is 13.2 Å². The van der Waals surface area contributed by atoms with Gasteiger partial charge in [-0.3, -0.25) is 0 Å². The average molecular weight is 415 g/mol. The van der Waals surface area contributed by atoms with Gasteiger partial charge >= 0.3 is 0 Å². The van der Waals surface area contributed by atoms with Crippen molar-refractivity contribution in [3.8, 4) is 11.5 Å². The highest BCUT2D eigenvalue weighted by atomic mass is 79.9. The molecule has 0 bridgehead atoms. The van der Waals surface area contributed by atoms with Crippen LogP contribution in [0.2, 0.25) is 0 Å². The maximum atomic E-state index is 5.94. The van der Waals surface area contributed by atoms with Gasteiger partial charge in [-0.2, -0.15) is 0 Å². The van der Waals surface area contributed by atoms with Gasteiger partial charge in [-0.05, 0) is 68.6 Å². The summed E-state index contributed by atoms with van der Waals surface area (Å²) in [5, 5.41) is 0. The van der Waals surface area contributed by atoms with Gasteiger partial charge in [-0.15, -0.1) is 0 Å². The molecule has 2 aromatic carbocycles. The van der Waals surface area contributed by atoms with Crippen LogP contribution in [0.4, 0.5) is 0 Å². The van der Waals surface area contributed by atoms with E-state index in [2.05, 4.69) is 37.9 Å². The molecule has 0 fully saturated rings. The fraction of sp³-hybridized carbons (Fsp3) is 0.250. The molecule has 2 aromatic rings. The number of aryl methyl sites for hydroxylation is 1. The van der Waals surface area contributed by atoms with Crippen molar-refractivity contribution in [1.29, 1.82) is 0 Å². The van der Waals surface area contributed by atoms with E-state index in [1.807, 2.05) is 31.2 Å². The van der Waals surface area contributed by atoms with Crippen LogP contribution in [0.3, 0.4) is 0 Å². The molecular weight excluding hydrogens is 398 g/mol. The van der Waals surface area contributed by atoms with Gasteiger partial charge in [0.25, 0.3) is 0 Å². The zero-order chi connectivity index (χ0) is 15.4. The lowest BCUT2D eigenvalue weighted by Gasteiger charge is -2.14. The van der Waals surface area contributed by atoms with Gasteiger partial charge in [0.15, 0.2) is 0 Å². The van der Waals surface area contributed by atoms with Crippen LogP contribution in [-0.4, -0.2) is 7.11 Å². The Balaban J connectivity index is 2.22. The number of halogens is 2. The highest BCUT2D eigenvalue weighted by Gasteiger charge is 2.11. The molecular formula is C16H17Br2NO2. The van der Waals surface area contributed by atoms with Crippen molar-refractivity contribution >= 4 is 31.9 Å². The molecule has 3 nitrogen and oxygen atoms in total. The first-order valence-corrected chi connectivity index (χ1v) is 8.08. The van der Waals surface area contributed by atoms with E-state index in [-0.39, 0.29) is 0 Å². The van der Waals surface area contributed by atoms with Crippen LogP contribution in [0.25, 0.3) is 0 Å². The second-order valence-corrected chi connectivity index (χ2v) is 6.41. The SMILES string of the molecule is COc1ccc(C)cc1COc1c(Br)cc(CN)cc1Br. The van der Waals surface area contributed by atoms with E-state index in [1.54, 1.807) is 7.11 Å². The molecule has 0 radical (unpaired) electrons. The van der Waals surface area contributed by atoms with Crippen molar-refractivity contribution in [2.24, 2.45) is 5.73 Å². The monoisotopic (exact) mass is 413 g/mol. The van der Waals surface area contributed by atoms with E-state index in [1.165, 1.54) is 5.56 Å². The zero-order valence-corrected chi connectivity index (χ0v) is 15.1. The first-order valence-electron chi connectivity index (χ1n) is 6.49. The van der Waals surface area contributed by atoms with Crippen molar-refractivity contribution in [3.63, 3.8) is 0 Å². The summed E-state index contributed by atoms with van der Waals surface area (Å²) in [4.78, 5) is 0. The summed E-state index contributed by atoms with van der Waals surface area (Å²) in [6.45, 7) is 2.97. The summed E-state index contributed by atoms with van der Waals surface area (Å²) in [7, 11) is 1.66. The normalized spacial score (nSPS) is 10.5. The minimum Gasteiger partial charge on any atom is -0.496 e. The fourth-order valence-corrected chi connectivity index (χ4v) is 3.55. The lowest BCUT2D eigenvalue weighted by Crippen LogP contribution is -2.02. The van der Waals surface area contributed by atoms with Crippen molar-refractivity contribution in [2.75, 3.05) is 7.11 Å². The number of methoxy groups -OCH3 is 1. The number of benzene rings is 2. The van der Waals surface area contributed by atoms with Gasteiger partial charge in [0.05, 0.1) is 16.1 Å². The molecule has 0 aliphatic rings. The minimum absolute atomic E-state index is 0.435. The van der Waals surface area contributed by atoms with E-state index in [4.69, 9.17) is 15.2 Å². The van der Waals surface area contributed by atoms with Crippen LogP contribution in [0.15, 0.2) is 39.3 Å². The highest BCUT2D eigenvalue weighted by molar-refractivity contribution is 9.11. The maximum absolute atomic E-state index is 5.94. The lowest BCUT2D eigenvalue weighted by atomic mass is 10.1. The van der Waals surface area contributed by atoms with E-state index in [9.17, 15) is 0 Å². The van der Waals surface area contributed by atoms with Gasteiger partial charge < -0.3 is 15.2 Å². The number of hydrogen-bond donors (Lipinski definition) is 1. The van der Waals surface area contributed by atoms with Gasteiger partial charge in [-0.25, -0.2) is 0 Å². The molecule has 2 rings (SSSR count). The Morgan fingerprint density at radius 2 is 1.76 bits per heavy atom. The van der Waals surface area contributed by atoms with Gasteiger partial charge in [0.1, 0.15) is 18.1 Å². The second-order valence-electron chi connectivity index (χ2n) is 4.70. The number of rotatable bonds is 5. The van der Waals surface area contributed by atoms with Crippen LogP contribution in [-0.2, 0) is 13.2 Å². The van der Waals surface area contributed by atoms with Crippen LogP contribution >= 0.6 is 31.9 Å². The first-order chi connectivity index (χ1) is 10.0. The molecule has 5 heteroatoms. The fourth-order valence-electron chi connectivity index (χ4n) is 2.04. The molecule has 0 unspecified atom stereocenters. The third-order valence-electron chi connectivity index (χ3n) is 3.10. The van der Waals surface area contributed by atoms with Crippen LogP contribution < -0.4 is 15.2 Å². The largest absolute Gasteiger partial charge is 0.496 e. The molecule has 0 spiro atoms. The standard InChI is InChI=1S/C16H17Br2NO2/c1-10-3-4-15(20-2)12(5-10)9-21-16-13(17)6-11(8-19)7-14(16)18/h3-7H,8-9,19H2,1-2H3. The summed E-state index contributed by atoms with van der Waals surface area (Å²) in [5.41, 5.74) is 8.88. The molecule has 112 valence electrons. The average Bonchev–Trinajstić information content (AvgIpc) is 2.46. The molecule has 0 aliphatic heterocycles. The number of nitrogens with two attached hydrogens (primary N) is 1. The molecule has 0 saturated heterocycles. The molecule has 0 saturated carbocycles. The van der Waals surface area contributed by atoms with Crippen molar-refractivity contribution in [2.45, 2.75) is 20.1 Å². The summed E-state index contributed by atoms with van der Waals surface area (Å²) >= 11 is 7.04. The Hall–Kier alpha value is -1.04. The third kappa shape index (κ3) is 3.99. The van der Waals surface area contributed by atoms with Crippen molar-refractivity contribution < 1.29 is 9.47 Å². The Bertz CT molecular complexity index is 621. The smallest absolute Gasteiger partial charge is 0.148 e. The lowest BCUT2D eigenvalue weighted by molar-refractivity contribution is 0.293. The van der Waals surface area contributed by atoms with Gasteiger partial charge in [0.2, 0.25) is 0 Å². The van der Waals surface area contributed by atoms with Crippen molar-refractivity contribution in [3.05, 3.63) is 56.0 Å². The molecule has 0 amide bonds. The van der Waals surface area contributed by atoms with E-state index < -0.39 is 0 Å². The van der Waals surface area contributed by atoms with Crippen LogP contribution in [0.5, 0.6) is 11.5 Å². The summed E-state index contributed by atoms with van der Waals surface area (Å²) in [6, 6.07) is 9.97. The molecule has 0 aromatic heterocycles. The Labute approximate surface area is 141 Å². The summed E-state index contributed by atoms with van der Waals surface area (Å²) < 4.78 is 13.1. The summed E-state index contributed by atoms with van der Waals surface area (Å²) in [6.07, 6.45) is 0. The molecule has 0 heterocycles. The number of hydrogen-bond acceptors (Lipinski definition) is 3. The zero-order valence-electron chi connectivity index (χ0n) is 12.0. The molecule has 2 N–H and O–H groups in total. The summed E-state index contributed by atoms with van der Waals surface area (Å²) in [5.74, 6) is 1.59. The van der Waals surface area contributed by atoms with Gasteiger partial charge in [0, 0.05) is 12.1 Å². The van der Waals surface area contributed by atoms with Crippen LogP contribution in [0.1, 0.15) is 16.7 Å². The predicted octanol–water partition coefficient (Wildman–Crippen LogP) is 4.57. The molecule has 21 heavy (non-hydrogen) atoms. The molecule has 0 aliphatic carbocycles. The van der Waals surface area contributed by atoms with Gasteiger partial charge in [-0.1, -0.05) is 11.6 Å². The first kappa shape index (κ1) is 16.3. The Morgan fingerprint density at radius 1 is 1.10 bits per heavy atom. The maximum Gasteiger partial charge on any atom is 0.148 e. The topological polar surface area (TPSA) is 44.5 Å².